The first kappa shape index (κ1) is 11.6. The van der Waals surface area contributed by atoms with Crippen LogP contribution in [0, 0.1) is 5.82 Å². The van der Waals surface area contributed by atoms with Gasteiger partial charge in [-0.1, -0.05) is 0 Å². The lowest BCUT2D eigenvalue weighted by molar-refractivity contribution is 0.0919. The van der Waals surface area contributed by atoms with Gasteiger partial charge in [-0.05, 0) is 37.8 Å². The number of pyridine rings is 1. The summed E-state index contributed by atoms with van der Waals surface area (Å²) in [6.07, 6.45) is 5.42. The van der Waals surface area contributed by atoms with E-state index in [0.717, 1.165) is 19.0 Å². The number of carbonyl (C=O) groups is 1. The highest BCUT2D eigenvalue weighted by molar-refractivity contribution is 5.92. The molecule has 3 heterocycles. The molecule has 3 rings (SSSR count). The molecule has 2 atom stereocenters. The van der Waals surface area contributed by atoms with E-state index >= 15 is 0 Å². The fourth-order valence-electron chi connectivity index (χ4n) is 2.94. The summed E-state index contributed by atoms with van der Waals surface area (Å²) in [6, 6.07) is 3.96. The topological polar surface area (TPSA) is 54.0 Å². The molecular weight excluding hydrogens is 233 g/mol. The lowest BCUT2D eigenvalue weighted by atomic mass is 10.00. The highest BCUT2D eigenvalue weighted by Gasteiger charge is 2.34. The molecule has 2 bridgehead atoms. The van der Waals surface area contributed by atoms with Gasteiger partial charge in [0, 0.05) is 18.1 Å². The Morgan fingerprint density at radius 3 is 2.67 bits per heavy atom. The molecule has 0 radical (unpaired) electrons. The third-order valence-electron chi connectivity index (χ3n) is 3.77. The third-order valence-corrected chi connectivity index (χ3v) is 3.77. The van der Waals surface area contributed by atoms with Crippen molar-refractivity contribution < 1.29 is 9.18 Å². The molecule has 96 valence electrons. The maximum Gasteiger partial charge on any atom is 0.270 e. The molecule has 1 amide bonds. The van der Waals surface area contributed by atoms with E-state index in [1.165, 1.54) is 25.0 Å². The van der Waals surface area contributed by atoms with Crippen molar-refractivity contribution in [2.75, 3.05) is 0 Å². The standard InChI is InChI=1S/C13H16FN3O/c14-8-1-4-12(15-7-8)13(18)17-11-5-9-2-3-10(6-11)16-9/h1,4,7,9-11,16H,2-3,5-6H2,(H,17,18). The molecule has 0 aromatic carbocycles. The van der Waals surface area contributed by atoms with Crippen molar-refractivity contribution in [3.8, 4) is 0 Å². The van der Waals surface area contributed by atoms with E-state index in [1.54, 1.807) is 0 Å². The fourth-order valence-corrected chi connectivity index (χ4v) is 2.94. The summed E-state index contributed by atoms with van der Waals surface area (Å²) in [5, 5.41) is 6.52. The minimum absolute atomic E-state index is 0.207. The van der Waals surface area contributed by atoms with Gasteiger partial charge in [-0.15, -0.1) is 0 Å². The summed E-state index contributed by atoms with van der Waals surface area (Å²) < 4.78 is 12.7. The van der Waals surface area contributed by atoms with E-state index in [-0.39, 0.29) is 17.6 Å². The second kappa shape index (κ2) is 4.65. The van der Waals surface area contributed by atoms with Crippen molar-refractivity contribution in [1.82, 2.24) is 15.6 Å². The highest BCUT2D eigenvalue weighted by atomic mass is 19.1. The van der Waals surface area contributed by atoms with Crippen LogP contribution in [0.3, 0.4) is 0 Å². The van der Waals surface area contributed by atoms with Crippen molar-refractivity contribution in [2.45, 2.75) is 43.8 Å². The van der Waals surface area contributed by atoms with Gasteiger partial charge in [0.15, 0.2) is 0 Å². The Morgan fingerprint density at radius 1 is 1.33 bits per heavy atom. The SMILES string of the molecule is O=C(NC1CC2CCC(C1)N2)c1ccc(F)cn1. The van der Waals surface area contributed by atoms with Gasteiger partial charge in [0.25, 0.3) is 5.91 Å². The molecule has 5 heteroatoms. The molecule has 2 saturated heterocycles. The molecule has 0 spiro atoms. The third kappa shape index (κ3) is 2.36. The van der Waals surface area contributed by atoms with Crippen LogP contribution in [-0.2, 0) is 0 Å². The summed E-state index contributed by atoms with van der Waals surface area (Å²) in [5.41, 5.74) is 0.280. The average molecular weight is 249 g/mol. The number of fused-ring (bicyclic) bond motifs is 2. The minimum atomic E-state index is -0.425. The smallest absolute Gasteiger partial charge is 0.270 e. The number of piperidine rings is 1. The number of carbonyl (C=O) groups excluding carboxylic acids is 1. The molecule has 0 aliphatic carbocycles. The molecule has 2 fully saturated rings. The van der Waals surface area contributed by atoms with Gasteiger partial charge >= 0.3 is 0 Å². The van der Waals surface area contributed by atoms with Gasteiger partial charge in [-0.2, -0.15) is 0 Å². The normalized spacial score (nSPS) is 30.2. The second-order valence-corrected chi connectivity index (χ2v) is 5.14. The van der Waals surface area contributed by atoms with Gasteiger partial charge in [0.1, 0.15) is 11.5 Å². The number of nitrogens with one attached hydrogen (secondary N) is 2. The molecule has 2 aliphatic heterocycles. The average Bonchev–Trinajstić information content (AvgIpc) is 2.69. The Balaban J connectivity index is 1.62. The molecule has 1 aromatic heterocycles. The van der Waals surface area contributed by atoms with E-state index in [4.69, 9.17) is 0 Å². The van der Waals surface area contributed by atoms with E-state index < -0.39 is 5.82 Å². The van der Waals surface area contributed by atoms with Gasteiger partial charge < -0.3 is 10.6 Å². The number of aromatic nitrogens is 1. The largest absolute Gasteiger partial charge is 0.348 e. The first-order chi connectivity index (χ1) is 8.70. The summed E-state index contributed by atoms with van der Waals surface area (Å²) >= 11 is 0. The number of hydrogen-bond acceptors (Lipinski definition) is 3. The Kier molecular flexibility index (Phi) is 2.99. The Hall–Kier alpha value is -1.49. The van der Waals surface area contributed by atoms with Crippen LogP contribution in [0.1, 0.15) is 36.2 Å². The monoisotopic (exact) mass is 249 g/mol. The molecule has 2 N–H and O–H groups in total. The molecule has 18 heavy (non-hydrogen) atoms. The lowest BCUT2D eigenvalue weighted by Crippen LogP contribution is -2.48. The predicted octanol–water partition coefficient (Wildman–Crippen LogP) is 1.23. The number of amides is 1. The minimum Gasteiger partial charge on any atom is -0.348 e. The Morgan fingerprint density at radius 2 is 2.06 bits per heavy atom. The van der Waals surface area contributed by atoms with Crippen molar-refractivity contribution in [2.24, 2.45) is 0 Å². The molecule has 0 saturated carbocycles. The summed E-state index contributed by atoms with van der Waals surface area (Å²) in [4.78, 5) is 15.7. The Bertz CT molecular complexity index is 436. The molecule has 2 aliphatic rings. The summed E-state index contributed by atoms with van der Waals surface area (Å²) in [6.45, 7) is 0. The number of hydrogen-bond donors (Lipinski definition) is 2. The van der Waals surface area contributed by atoms with Crippen molar-refractivity contribution in [1.29, 1.82) is 0 Å². The van der Waals surface area contributed by atoms with E-state index in [0.29, 0.717) is 12.1 Å². The maximum atomic E-state index is 12.7. The zero-order valence-electron chi connectivity index (χ0n) is 10.0. The van der Waals surface area contributed by atoms with E-state index in [9.17, 15) is 9.18 Å². The van der Waals surface area contributed by atoms with Crippen LogP contribution in [0.2, 0.25) is 0 Å². The number of rotatable bonds is 2. The van der Waals surface area contributed by atoms with Gasteiger partial charge in [-0.25, -0.2) is 9.37 Å². The van der Waals surface area contributed by atoms with Crippen LogP contribution < -0.4 is 10.6 Å². The Labute approximate surface area is 105 Å². The fraction of sp³-hybridized carbons (Fsp3) is 0.538. The first-order valence-corrected chi connectivity index (χ1v) is 6.39. The van der Waals surface area contributed by atoms with Crippen LogP contribution >= 0.6 is 0 Å². The van der Waals surface area contributed by atoms with Crippen molar-refractivity contribution in [3.63, 3.8) is 0 Å². The quantitative estimate of drug-likeness (QED) is 0.829. The number of nitrogens with zero attached hydrogens (tertiary/aromatic N) is 1. The van der Waals surface area contributed by atoms with Crippen molar-refractivity contribution >= 4 is 5.91 Å². The molecule has 2 unspecified atom stereocenters. The molecule has 4 nitrogen and oxygen atoms in total. The van der Waals surface area contributed by atoms with Crippen LogP contribution in [0.5, 0.6) is 0 Å². The maximum absolute atomic E-state index is 12.7. The zero-order valence-corrected chi connectivity index (χ0v) is 10.0. The van der Waals surface area contributed by atoms with Gasteiger partial charge in [-0.3, -0.25) is 4.79 Å². The van der Waals surface area contributed by atoms with E-state index in [2.05, 4.69) is 15.6 Å². The van der Waals surface area contributed by atoms with E-state index in [1.807, 2.05) is 0 Å². The van der Waals surface area contributed by atoms with Crippen molar-refractivity contribution in [3.05, 3.63) is 29.8 Å². The highest BCUT2D eigenvalue weighted by Crippen LogP contribution is 2.26. The van der Waals surface area contributed by atoms with Crippen LogP contribution in [0.4, 0.5) is 4.39 Å². The van der Waals surface area contributed by atoms with Crippen LogP contribution in [0.15, 0.2) is 18.3 Å². The van der Waals surface area contributed by atoms with Crippen LogP contribution in [0.25, 0.3) is 0 Å². The lowest BCUT2D eigenvalue weighted by Gasteiger charge is -2.29. The van der Waals surface area contributed by atoms with Gasteiger partial charge in [0.05, 0.1) is 6.20 Å². The molecular formula is C13H16FN3O. The predicted molar refractivity (Wildman–Crippen MR) is 64.6 cm³/mol. The van der Waals surface area contributed by atoms with Gasteiger partial charge in [0.2, 0.25) is 0 Å². The molecule has 1 aromatic rings. The van der Waals surface area contributed by atoms with Crippen LogP contribution in [-0.4, -0.2) is 29.0 Å². The summed E-state index contributed by atoms with van der Waals surface area (Å²) in [5.74, 6) is -0.632. The zero-order chi connectivity index (χ0) is 12.5. The summed E-state index contributed by atoms with van der Waals surface area (Å²) in [7, 11) is 0. The first-order valence-electron chi connectivity index (χ1n) is 6.39. The number of halogens is 1. The second-order valence-electron chi connectivity index (χ2n) is 5.14.